The quantitative estimate of drug-likeness (QED) is 0.818. The molecule has 0 atom stereocenters. The van der Waals surface area contributed by atoms with Gasteiger partial charge in [-0.05, 0) is 39.4 Å². The lowest BCUT2D eigenvalue weighted by Gasteiger charge is -2.30. The number of ether oxygens (including phenoxy) is 2. The molecule has 0 heterocycles. The summed E-state index contributed by atoms with van der Waals surface area (Å²) in [5, 5.41) is 9.18. The van der Waals surface area contributed by atoms with Crippen LogP contribution in [0.3, 0.4) is 0 Å². The zero-order chi connectivity index (χ0) is 14.6. The molecule has 104 valence electrons. The molecule has 0 saturated carbocycles. The molecule has 0 radical (unpaired) electrons. The van der Waals surface area contributed by atoms with Crippen LogP contribution in [0.5, 0.6) is 11.5 Å². The van der Waals surface area contributed by atoms with Gasteiger partial charge in [0.05, 0.1) is 20.3 Å². The smallest absolute Gasteiger partial charge is 0.127 e. The third kappa shape index (κ3) is 3.39. The number of hydrogen-bond acceptors (Lipinski definition) is 4. The topological polar surface area (TPSA) is 45.5 Å². The van der Waals surface area contributed by atoms with Crippen molar-refractivity contribution in [1.82, 2.24) is 4.90 Å². The van der Waals surface area contributed by atoms with Gasteiger partial charge in [-0.15, -0.1) is 0 Å². The second kappa shape index (κ2) is 5.94. The van der Waals surface area contributed by atoms with Crippen LogP contribution in [0.1, 0.15) is 25.0 Å². The molecule has 4 heteroatoms. The van der Waals surface area contributed by atoms with Crippen molar-refractivity contribution < 1.29 is 9.47 Å². The zero-order valence-corrected chi connectivity index (χ0v) is 12.6. The Morgan fingerprint density at radius 2 is 1.89 bits per heavy atom. The van der Waals surface area contributed by atoms with Crippen molar-refractivity contribution in [2.24, 2.45) is 0 Å². The molecule has 0 aliphatic carbocycles. The van der Waals surface area contributed by atoms with Crippen molar-refractivity contribution in [3.63, 3.8) is 0 Å². The summed E-state index contributed by atoms with van der Waals surface area (Å²) in [6.07, 6.45) is 0. The summed E-state index contributed by atoms with van der Waals surface area (Å²) < 4.78 is 10.7. The van der Waals surface area contributed by atoms with Crippen molar-refractivity contribution in [2.45, 2.75) is 32.9 Å². The van der Waals surface area contributed by atoms with Gasteiger partial charge in [0.1, 0.15) is 17.0 Å². The highest BCUT2D eigenvalue weighted by Gasteiger charge is 2.24. The zero-order valence-electron chi connectivity index (χ0n) is 12.6. The van der Waals surface area contributed by atoms with Gasteiger partial charge in [-0.3, -0.25) is 4.90 Å². The first kappa shape index (κ1) is 15.3. The van der Waals surface area contributed by atoms with Gasteiger partial charge in [-0.2, -0.15) is 5.26 Å². The van der Waals surface area contributed by atoms with Crippen LogP contribution in [0.25, 0.3) is 0 Å². The van der Waals surface area contributed by atoms with E-state index in [-0.39, 0.29) is 0 Å². The first-order valence-electron chi connectivity index (χ1n) is 6.19. The van der Waals surface area contributed by atoms with E-state index in [1.807, 2.05) is 44.9 Å². The summed E-state index contributed by atoms with van der Waals surface area (Å²) in [7, 11) is 5.22. The maximum atomic E-state index is 9.18. The van der Waals surface area contributed by atoms with Crippen LogP contribution < -0.4 is 9.47 Å². The van der Waals surface area contributed by atoms with E-state index >= 15 is 0 Å². The van der Waals surface area contributed by atoms with E-state index in [1.165, 1.54) is 0 Å². The highest BCUT2D eigenvalue weighted by Crippen LogP contribution is 2.30. The minimum atomic E-state index is -0.516. The van der Waals surface area contributed by atoms with Crippen LogP contribution in [0.15, 0.2) is 12.1 Å². The third-order valence-corrected chi connectivity index (χ3v) is 3.48. The first-order valence-corrected chi connectivity index (χ1v) is 6.19. The Morgan fingerprint density at radius 3 is 2.37 bits per heavy atom. The molecule has 4 nitrogen and oxygen atoms in total. The van der Waals surface area contributed by atoms with Crippen LogP contribution in [-0.2, 0) is 6.54 Å². The van der Waals surface area contributed by atoms with Gasteiger partial charge in [0.25, 0.3) is 0 Å². The molecule has 0 aromatic heterocycles. The second-order valence-corrected chi connectivity index (χ2v) is 5.15. The minimum absolute atomic E-state index is 0.516. The molecule has 0 spiro atoms. The Hall–Kier alpha value is -1.73. The lowest BCUT2D eigenvalue weighted by molar-refractivity contribution is 0.200. The van der Waals surface area contributed by atoms with Crippen molar-refractivity contribution in [1.29, 1.82) is 5.26 Å². The van der Waals surface area contributed by atoms with Crippen LogP contribution in [-0.4, -0.2) is 31.7 Å². The molecule has 0 saturated heterocycles. The molecule has 1 aromatic carbocycles. The summed E-state index contributed by atoms with van der Waals surface area (Å²) in [5.74, 6) is 1.57. The van der Waals surface area contributed by atoms with Crippen LogP contribution in [0, 0.1) is 18.3 Å². The number of rotatable bonds is 5. The predicted octanol–water partition coefficient (Wildman–Crippen LogP) is 2.75. The Labute approximate surface area is 115 Å². The standard InChI is InChI=1S/C15H22N2O2/c1-11-7-12(18-5)8-14(19-6)13(11)9-17(4)15(2,3)10-16/h7-8H,9H2,1-6H3. The fourth-order valence-corrected chi connectivity index (χ4v) is 1.78. The van der Waals surface area contributed by atoms with E-state index in [0.29, 0.717) is 6.54 Å². The van der Waals surface area contributed by atoms with Gasteiger partial charge in [0.15, 0.2) is 0 Å². The number of nitriles is 1. The largest absolute Gasteiger partial charge is 0.497 e. The number of benzene rings is 1. The summed E-state index contributed by atoms with van der Waals surface area (Å²) in [6, 6.07) is 6.15. The molecular formula is C15H22N2O2. The molecule has 19 heavy (non-hydrogen) atoms. The van der Waals surface area contributed by atoms with Crippen LogP contribution in [0.4, 0.5) is 0 Å². The minimum Gasteiger partial charge on any atom is -0.497 e. The van der Waals surface area contributed by atoms with E-state index in [9.17, 15) is 5.26 Å². The Kier molecular flexibility index (Phi) is 4.79. The molecule has 0 fully saturated rings. The number of nitrogens with zero attached hydrogens (tertiary/aromatic N) is 2. The van der Waals surface area contributed by atoms with Gasteiger partial charge in [-0.25, -0.2) is 0 Å². The molecule has 0 bridgehead atoms. The van der Waals surface area contributed by atoms with E-state index in [0.717, 1.165) is 22.6 Å². The fourth-order valence-electron chi connectivity index (χ4n) is 1.78. The van der Waals surface area contributed by atoms with Crippen LogP contribution >= 0.6 is 0 Å². The van der Waals surface area contributed by atoms with E-state index in [2.05, 4.69) is 6.07 Å². The molecule has 0 amide bonds. The van der Waals surface area contributed by atoms with Gasteiger partial charge in [0.2, 0.25) is 0 Å². The molecular weight excluding hydrogens is 240 g/mol. The lowest BCUT2D eigenvalue weighted by Crippen LogP contribution is -2.39. The lowest BCUT2D eigenvalue weighted by atomic mass is 10.0. The summed E-state index contributed by atoms with van der Waals surface area (Å²) in [5.41, 5.74) is 1.66. The number of aryl methyl sites for hydroxylation is 1. The van der Waals surface area contributed by atoms with Crippen molar-refractivity contribution in [2.75, 3.05) is 21.3 Å². The van der Waals surface area contributed by atoms with Gasteiger partial charge >= 0.3 is 0 Å². The van der Waals surface area contributed by atoms with Crippen molar-refractivity contribution in [3.8, 4) is 17.6 Å². The Balaban J connectivity index is 3.11. The van der Waals surface area contributed by atoms with Gasteiger partial charge < -0.3 is 9.47 Å². The maximum Gasteiger partial charge on any atom is 0.127 e. The van der Waals surface area contributed by atoms with E-state index in [1.54, 1.807) is 14.2 Å². The first-order chi connectivity index (χ1) is 8.85. The summed E-state index contributed by atoms with van der Waals surface area (Å²) in [6.45, 7) is 6.48. The van der Waals surface area contributed by atoms with Crippen LogP contribution in [0.2, 0.25) is 0 Å². The molecule has 0 N–H and O–H groups in total. The van der Waals surface area contributed by atoms with Crippen molar-refractivity contribution in [3.05, 3.63) is 23.3 Å². The number of hydrogen-bond donors (Lipinski definition) is 0. The third-order valence-electron chi connectivity index (χ3n) is 3.48. The molecule has 0 aliphatic rings. The number of methoxy groups -OCH3 is 2. The SMILES string of the molecule is COc1cc(C)c(CN(C)C(C)(C)C#N)c(OC)c1. The second-order valence-electron chi connectivity index (χ2n) is 5.15. The summed E-state index contributed by atoms with van der Waals surface area (Å²) >= 11 is 0. The monoisotopic (exact) mass is 262 g/mol. The molecule has 0 unspecified atom stereocenters. The molecule has 1 aromatic rings. The Morgan fingerprint density at radius 1 is 1.26 bits per heavy atom. The van der Waals surface area contributed by atoms with Gasteiger partial charge in [-0.1, -0.05) is 0 Å². The van der Waals surface area contributed by atoms with E-state index < -0.39 is 5.54 Å². The highest BCUT2D eigenvalue weighted by atomic mass is 16.5. The average Bonchev–Trinajstić information content (AvgIpc) is 2.40. The normalized spacial score (nSPS) is 11.3. The fraction of sp³-hybridized carbons (Fsp3) is 0.533. The predicted molar refractivity (Wildman–Crippen MR) is 75.4 cm³/mol. The molecule has 0 aliphatic heterocycles. The average molecular weight is 262 g/mol. The Bertz CT molecular complexity index is 490. The summed E-state index contributed by atoms with van der Waals surface area (Å²) in [4.78, 5) is 2.00. The molecule has 1 rings (SSSR count). The van der Waals surface area contributed by atoms with Crippen molar-refractivity contribution >= 4 is 0 Å². The van der Waals surface area contributed by atoms with Gasteiger partial charge in [0, 0.05) is 18.2 Å². The highest BCUT2D eigenvalue weighted by molar-refractivity contribution is 5.46. The maximum absolute atomic E-state index is 9.18. The van der Waals surface area contributed by atoms with E-state index in [4.69, 9.17) is 9.47 Å².